The molecule has 2 nitrogen and oxygen atoms in total. The van der Waals surface area contributed by atoms with Gasteiger partial charge >= 0.3 is 95.6 Å². The van der Waals surface area contributed by atoms with Crippen LogP contribution in [0.1, 0.15) is 0 Å². The first kappa shape index (κ1) is 49.9. The van der Waals surface area contributed by atoms with Gasteiger partial charge < -0.3 is 5.11 Å². The smallest absolute Gasteiger partial charge is 0.460 e. The normalized spacial score (nSPS) is 17.2. The van der Waals surface area contributed by atoms with E-state index in [9.17, 15) is 150 Å². The van der Waals surface area contributed by atoms with Crippen molar-refractivity contribution in [2.75, 3.05) is 0 Å². The molecule has 0 rings (SSSR count). The monoisotopic (exact) mass is 876 g/mol. The molecule has 35 heteroatoms. The summed E-state index contributed by atoms with van der Waals surface area (Å²) in [5.41, 5.74) is -11.3. The van der Waals surface area contributed by atoms with E-state index in [1.807, 2.05) is 0 Å². The minimum Gasteiger partial charge on any atom is -0.478 e. The number of rotatable bonds is 13. The summed E-state index contributed by atoms with van der Waals surface area (Å²) in [6.45, 7) is 0. The highest BCUT2D eigenvalue weighted by molar-refractivity contribution is 5.89. The zero-order chi connectivity index (χ0) is 44.2. The molecule has 0 saturated heterocycles. The van der Waals surface area contributed by atoms with Gasteiger partial charge in [-0.3, -0.25) is 0 Å². The molecule has 0 aliphatic rings. The lowest BCUT2D eigenvalue weighted by atomic mass is 9.83. The van der Waals surface area contributed by atoms with Crippen LogP contribution in [-0.4, -0.2) is 101 Å². The second-order valence-electron chi connectivity index (χ2n) is 9.44. The Hall–Kier alpha value is -3.10. The summed E-state index contributed by atoms with van der Waals surface area (Å²) >= 11 is 0. The van der Waals surface area contributed by atoms with Crippen molar-refractivity contribution in [3.05, 3.63) is 11.1 Å². The third kappa shape index (κ3) is 6.28. The minimum atomic E-state index is -10.2. The van der Waals surface area contributed by atoms with E-state index in [1.54, 1.807) is 0 Å². The fourth-order valence-electron chi connectivity index (χ4n) is 3.15. The third-order valence-electron chi connectivity index (χ3n) is 6.04. The van der Waals surface area contributed by atoms with Crippen molar-refractivity contribution in [1.82, 2.24) is 0 Å². The summed E-state index contributed by atoms with van der Waals surface area (Å²) < 4.78 is 440. The number of halogens is 33. The number of carboxylic acid groups (broad SMARTS) is 1. The van der Waals surface area contributed by atoms with Gasteiger partial charge in [0.1, 0.15) is 5.57 Å². The van der Waals surface area contributed by atoms with E-state index in [1.165, 1.54) is 0 Å². The van der Waals surface area contributed by atoms with Gasteiger partial charge in [-0.15, -0.1) is 0 Å². The van der Waals surface area contributed by atoms with Crippen LogP contribution in [0.5, 0.6) is 0 Å². The topological polar surface area (TPSA) is 37.3 Å². The highest BCUT2D eigenvalue weighted by Gasteiger charge is 3.00. The van der Waals surface area contributed by atoms with Crippen molar-refractivity contribution in [3.63, 3.8) is 0 Å². The molecule has 0 aromatic heterocycles. The van der Waals surface area contributed by atoms with Crippen LogP contribution in [0.4, 0.5) is 145 Å². The van der Waals surface area contributed by atoms with E-state index in [4.69, 9.17) is 5.11 Å². The van der Waals surface area contributed by atoms with Gasteiger partial charge in [-0.2, -0.15) is 145 Å². The molecular formula is C18HF33O2. The fraction of sp³-hybridized carbons (Fsp3) is 0.833. The van der Waals surface area contributed by atoms with Crippen LogP contribution < -0.4 is 0 Å². The maximum atomic E-state index is 14.0. The number of carbonyl (C=O) groups is 1. The Morgan fingerprint density at radius 2 is 0.472 bits per heavy atom. The molecule has 0 amide bonds. The molecule has 0 radical (unpaired) electrons. The summed E-state index contributed by atoms with van der Waals surface area (Å²) in [6.07, 6.45) is -24.4. The van der Waals surface area contributed by atoms with E-state index in [0.29, 0.717) is 0 Å². The van der Waals surface area contributed by atoms with E-state index >= 15 is 0 Å². The first-order valence-corrected chi connectivity index (χ1v) is 10.9. The van der Waals surface area contributed by atoms with Gasteiger partial charge in [0.25, 0.3) is 0 Å². The maximum absolute atomic E-state index is 14.0. The molecular weight excluding hydrogens is 875 g/mol. The number of alkyl halides is 33. The van der Waals surface area contributed by atoms with E-state index < -0.39 is 107 Å². The molecule has 0 fully saturated rings. The maximum Gasteiger partial charge on any atom is 0.460 e. The van der Waals surface area contributed by atoms with Crippen LogP contribution in [-0.2, 0) is 4.79 Å². The van der Waals surface area contributed by atoms with E-state index in [0.717, 1.165) is 0 Å². The molecule has 316 valence electrons. The van der Waals surface area contributed by atoms with E-state index in [-0.39, 0.29) is 0 Å². The van der Waals surface area contributed by atoms with Crippen molar-refractivity contribution < 1.29 is 155 Å². The number of hydrogen-bond donors (Lipinski definition) is 1. The number of aliphatic carboxylic acids is 1. The lowest BCUT2D eigenvalue weighted by Crippen LogP contribution is -2.79. The first-order valence-electron chi connectivity index (χ1n) is 10.9. The summed E-state index contributed by atoms with van der Waals surface area (Å²) in [7, 11) is 0. The van der Waals surface area contributed by atoms with Crippen molar-refractivity contribution in [2.24, 2.45) is 0 Å². The van der Waals surface area contributed by atoms with Crippen LogP contribution in [0, 0.1) is 0 Å². The van der Waals surface area contributed by atoms with Gasteiger partial charge in [-0.25, -0.2) is 4.79 Å². The van der Waals surface area contributed by atoms with Crippen LogP contribution in [0.15, 0.2) is 11.1 Å². The van der Waals surface area contributed by atoms with Crippen molar-refractivity contribution in [3.8, 4) is 0 Å². The molecule has 0 aliphatic carbocycles. The summed E-state index contributed by atoms with van der Waals surface area (Å²) in [6, 6.07) is 0. The van der Waals surface area contributed by atoms with Crippen LogP contribution in [0.25, 0.3) is 0 Å². The average Bonchev–Trinajstić information content (AvgIpc) is 2.87. The molecule has 0 aliphatic heterocycles. The number of carboxylic acids is 1. The molecule has 0 saturated carbocycles. The second-order valence-corrected chi connectivity index (χ2v) is 9.44. The molecule has 0 atom stereocenters. The van der Waals surface area contributed by atoms with Gasteiger partial charge in [0.05, 0.1) is 0 Å². The van der Waals surface area contributed by atoms with Crippen molar-refractivity contribution in [1.29, 1.82) is 0 Å². The largest absolute Gasteiger partial charge is 0.478 e. The first-order chi connectivity index (χ1) is 22.2. The minimum absolute atomic E-state index is 4.63. The zero-order valence-corrected chi connectivity index (χ0v) is 22.3. The Labute approximate surface area is 263 Å². The van der Waals surface area contributed by atoms with E-state index in [2.05, 4.69) is 0 Å². The molecule has 1 N–H and O–H groups in total. The highest BCUT2D eigenvalue weighted by Crippen LogP contribution is 2.69. The SMILES string of the molecule is O=C(O)C(=C(C(F)(F)F)C(F)(F)C(F)(F)C(F)(F)C(F)(F)C(F)(F)C(F)(F)C(F)(F)C(F)(F)C(F)(F)C(F)(F)C(F)(F)C(F)(F)C(F)(F)F)C(F)(F)F. The standard InChI is InChI=1S/C18HF33O2/c19-4(20,2(6(24,25)26)1(3(52)53)5(21,22)23)7(27,28)8(29,30)9(31,32)10(33,34)11(35,36)12(37,38)13(39,40)14(41,42)15(43,44)16(45,46)17(47,48)18(49,50)51/h(H,52,53). The summed E-state index contributed by atoms with van der Waals surface area (Å²) in [5.74, 6) is -123. The van der Waals surface area contributed by atoms with Gasteiger partial charge in [-0.1, -0.05) is 0 Å². The van der Waals surface area contributed by atoms with Gasteiger partial charge in [0, 0.05) is 0 Å². The second kappa shape index (κ2) is 12.2. The lowest BCUT2D eigenvalue weighted by Gasteiger charge is -2.46. The van der Waals surface area contributed by atoms with Crippen LogP contribution in [0.2, 0.25) is 0 Å². The zero-order valence-electron chi connectivity index (χ0n) is 22.3. The predicted molar refractivity (Wildman–Crippen MR) is 92.2 cm³/mol. The quantitative estimate of drug-likeness (QED) is 0.148. The highest BCUT2D eigenvalue weighted by atomic mass is 19.4. The van der Waals surface area contributed by atoms with Crippen molar-refractivity contribution >= 4 is 5.97 Å². The molecule has 0 aromatic carbocycles. The molecule has 0 spiro atoms. The van der Waals surface area contributed by atoms with Gasteiger partial charge in [0.2, 0.25) is 0 Å². The Balaban J connectivity index is 8.01. The number of allylic oxidation sites excluding steroid dienone is 1. The van der Waals surface area contributed by atoms with Gasteiger partial charge in [0.15, 0.2) is 5.57 Å². The van der Waals surface area contributed by atoms with Crippen LogP contribution >= 0.6 is 0 Å². The van der Waals surface area contributed by atoms with Gasteiger partial charge in [-0.05, 0) is 0 Å². The Bertz CT molecular complexity index is 1410. The molecule has 0 bridgehead atoms. The Morgan fingerprint density at radius 3 is 0.623 bits per heavy atom. The molecule has 53 heavy (non-hydrogen) atoms. The molecule has 0 unspecified atom stereocenters. The fourth-order valence-corrected chi connectivity index (χ4v) is 3.15. The molecule has 0 heterocycles. The average molecular weight is 876 g/mol. The Kier molecular flexibility index (Phi) is 11.5. The number of hydrogen-bond acceptors (Lipinski definition) is 1. The van der Waals surface area contributed by atoms with Crippen LogP contribution in [0.3, 0.4) is 0 Å². The molecule has 0 aromatic rings. The summed E-state index contributed by atoms with van der Waals surface area (Å²) in [5, 5.41) is 8.07. The predicted octanol–water partition coefficient (Wildman–Crippen LogP) is 10.7. The summed E-state index contributed by atoms with van der Waals surface area (Å²) in [4.78, 5) is 10.4. The van der Waals surface area contributed by atoms with Crippen molar-refractivity contribution in [2.45, 2.75) is 89.6 Å². The Morgan fingerprint density at radius 1 is 0.283 bits per heavy atom. The third-order valence-corrected chi connectivity index (χ3v) is 6.04. The lowest BCUT2D eigenvalue weighted by molar-refractivity contribution is -0.484.